The van der Waals surface area contributed by atoms with E-state index < -0.39 is 10.0 Å². The van der Waals surface area contributed by atoms with Crippen LogP contribution in [0.1, 0.15) is 5.69 Å². The Balaban J connectivity index is 1.90. The van der Waals surface area contributed by atoms with E-state index in [1.165, 1.54) is 12.1 Å². The van der Waals surface area contributed by atoms with E-state index >= 15 is 0 Å². The second kappa shape index (κ2) is 7.04. The number of pyridine rings is 1. The van der Waals surface area contributed by atoms with Crippen molar-refractivity contribution in [2.75, 3.05) is 4.72 Å². The van der Waals surface area contributed by atoms with Gasteiger partial charge in [0.2, 0.25) is 0 Å². The summed E-state index contributed by atoms with van der Waals surface area (Å²) in [4.78, 5) is 4.28. The van der Waals surface area contributed by atoms with Crippen LogP contribution in [0.3, 0.4) is 0 Å². The Morgan fingerprint density at radius 2 is 1.68 bits per heavy atom. The highest BCUT2D eigenvalue weighted by Crippen LogP contribution is 2.31. The summed E-state index contributed by atoms with van der Waals surface area (Å²) in [6, 6.07) is 16.7. The number of hydrogen-bond donors (Lipinski definition) is 1. The van der Waals surface area contributed by atoms with Crippen molar-refractivity contribution in [1.29, 1.82) is 0 Å². The summed E-state index contributed by atoms with van der Waals surface area (Å²) in [5, 5.41) is 1.10. The largest absolute Gasteiger partial charge is 0.263 e. The smallest absolute Gasteiger partial charge is 0.263 e. The first-order chi connectivity index (χ1) is 11.8. The predicted molar refractivity (Wildman–Crippen MR) is 102 cm³/mol. The van der Waals surface area contributed by atoms with Gasteiger partial charge in [0.1, 0.15) is 5.82 Å². The molecule has 0 saturated heterocycles. The number of nitrogens with one attached hydrogen (secondary N) is 1. The van der Waals surface area contributed by atoms with Crippen molar-refractivity contribution < 1.29 is 8.42 Å². The Bertz CT molecular complexity index is 1020. The lowest BCUT2D eigenvalue weighted by molar-refractivity contribution is 0.601. The molecule has 0 spiro atoms. The first-order valence-electron chi connectivity index (χ1n) is 7.37. The molecule has 128 valence electrons. The molecular weight excluding hydrogens is 379 g/mol. The van der Waals surface area contributed by atoms with Crippen LogP contribution in [0.2, 0.25) is 10.0 Å². The minimum absolute atomic E-state index is 0.137. The van der Waals surface area contributed by atoms with E-state index in [2.05, 4.69) is 9.71 Å². The van der Waals surface area contributed by atoms with Crippen molar-refractivity contribution in [1.82, 2.24) is 4.98 Å². The van der Waals surface area contributed by atoms with E-state index in [0.29, 0.717) is 10.0 Å². The molecule has 1 N–H and O–H groups in total. The van der Waals surface area contributed by atoms with Crippen LogP contribution < -0.4 is 4.72 Å². The molecule has 3 aromatic rings. The molecule has 0 fully saturated rings. The molecule has 2 aromatic carbocycles. The van der Waals surface area contributed by atoms with Gasteiger partial charge in [-0.15, -0.1) is 0 Å². The van der Waals surface area contributed by atoms with Crippen molar-refractivity contribution in [2.24, 2.45) is 0 Å². The zero-order valence-corrected chi connectivity index (χ0v) is 15.5. The van der Waals surface area contributed by atoms with Crippen molar-refractivity contribution >= 4 is 39.0 Å². The minimum atomic E-state index is -3.72. The lowest BCUT2D eigenvalue weighted by Crippen LogP contribution is -2.14. The zero-order valence-electron chi connectivity index (χ0n) is 13.2. The average molecular weight is 393 g/mol. The maximum Gasteiger partial charge on any atom is 0.263 e. The van der Waals surface area contributed by atoms with Crippen molar-refractivity contribution in [3.63, 3.8) is 0 Å². The third kappa shape index (κ3) is 4.12. The fourth-order valence-corrected chi connectivity index (χ4v) is 3.73. The molecule has 0 unspecified atom stereocenters. The highest BCUT2D eigenvalue weighted by molar-refractivity contribution is 7.92. The van der Waals surface area contributed by atoms with E-state index in [9.17, 15) is 8.42 Å². The maximum absolute atomic E-state index is 12.5. The molecule has 25 heavy (non-hydrogen) atoms. The van der Waals surface area contributed by atoms with Crippen molar-refractivity contribution in [3.8, 4) is 11.1 Å². The van der Waals surface area contributed by atoms with Crippen LogP contribution in [0.4, 0.5) is 5.82 Å². The highest BCUT2D eigenvalue weighted by Gasteiger charge is 2.15. The summed E-state index contributed by atoms with van der Waals surface area (Å²) in [5.74, 6) is 0.280. The molecule has 0 aliphatic rings. The van der Waals surface area contributed by atoms with Gasteiger partial charge in [0.25, 0.3) is 10.0 Å². The summed E-state index contributed by atoms with van der Waals surface area (Å²) in [6.45, 7) is 1.79. The first-order valence-corrected chi connectivity index (χ1v) is 9.61. The van der Waals surface area contributed by atoms with Crippen molar-refractivity contribution in [2.45, 2.75) is 11.8 Å². The summed E-state index contributed by atoms with van der Waals surface area (Å²) >= 11 is 12.2. The molecule has 0 saturated carbocycles. The zero-order chi connectivity index (χ0) is 18.0. The Hall–Kier alpha value is -2.08. The van der Waals surface area contributed by atoms with Gasteiger partial charge >= 0.3 is 0 Å². The van der Waals surface area contributed by atoms with Gasteiger partial charge < -0.3 is 0 Å². The van der Waals surface area contributed by atoms with Gasteiger partial charge in [-0.05, 0) is 55.0 Å². The lowest BCUT2D eigenvalue weighted by Gasteiger charge is -2.09. The molecular formula is C18H14Cl2N2O2S. The second-order valence-electron chi connectivity index (χ2n) is 5.42. The Morgan fingerprint density at radius 1 is 0.960 bits per heavy atom. The monoisotopic (exact) mass is 392 g/mol. The average Bonchev–Trinajstić information content (AvgIpc) is 2.57. The summed E-state index contributed by atoms with van der Waals surface area (Å²) in [6.07, 6.45) is 0. The summed E-state index contributed by atoms with van der Waals surface area (Å²) < 4.78 is 27.4. The molecule has 1 heterocycles. The van der Waals surface area contributed by atoms with Gasteiger partial charge in [-0.25, -0.2) is 13.4 Å². The molecule has 0 atom stereocenters. The van der Waals surface area contributed by atoms with Gasteiger partial charge in [-0.1, -0.05) is 41.4 Å². The molecule has 0 bridgehead atoms. The number of hydrogen-bond acceptors (Lipinski definition) is 3. The number of aromatic nitrogens is 1. The number of sulfonamides is 1. The molecule has 3 rings (SSSR count). The third-order valence-corrected chi connectivity index (χ3v) is 5.47. The standard InChI is InChI=1S/C18H14Cl2N2O2S/c1-12-3-2-4-18(21-12)22-25(23,24)15-8-5-13(6-9-15)16-11-14(19)7-10-17(16)20/h2-11H,1H3,(H,21,22). The normalized spacial score (nSPS) is 11.3. The van der Waals surface area contributed by atoms with Crippen LogP contribution in [-0.4, -0.2) is 13.4 Å². The molecule has 7 heteroatoms. The lowest BCUT2D eigenvalue weighted by atomic mass is 10.1. The fourth-order valence-electron chi connectivity index (χ4n) is 2.33. The molecule has 0 radical (unpaired) electrons. The van der Waals surface area contributed by atoms with Gasteiger partial charge in [0, 0.05) is 21.3 Å². The Labute approximate surface area is 156 Å². The van der Waals surface area contributed by atoms with E-state index in [-0.39, 0.29) is 10.7 Å². The Morgan fingerprint density at radius 3 is 2.36 bits per heavy atom. The van der Waals surface area contributed by atoms with Crippen LogP contribution in [0.25, 0.3) is 11.1 Å². The third-order valence-electron chi connectivity index (χ3n) is 3.53. The van der Waals surface area contributed by atoms with Crippen LogP contribution in [0, 0.1) is 6.92 Å². The predicted octanol–water partition coefficient (Wildman–Crippen LogP) is 5.16. The number of aryl methyl sites for hydroxylation is 1. The molecule has 0 aliphatic carbocycles. The first kappa shape index (κ1) is 17.7. The van der Waals surface area contributed by atoms with Crippen LogP contribution in [0.5, 0.6) is 0 Å². The number of anilines is 1. The molecule has 0 amide bonds. The number of nitrogens with zero attached hydrogens (tertiary/aromatic N) is 1. The number of halogens is 2. The number of benzene rings is 2. The molecule has 0 aliphatic heterocycles. The molecule has 1 aromatic heterocycles. The van der Waals surface area contributed by atoms with E-state index in [4.69, 9.17) is 23.2 Å². The molecule has 4 nitrogen and oxygen atoms in total. The van der Waals surface area contributed by atoms with Gasteiger partial charge in [-0.2, -0.15) is 0 Å². The number of rotatable bonds is 4. The van der Waals surface area contributed by atoms with E-state index in [0.717, 1.165) is 16.8 Å². The summed E-state index contributed by atoms with van der Waals surface area (Å²) in [5.41, 5.74) is 2.25. The van der Waals surface area contributed by atoms with E-state index in [1.807, 2.05) is 0 Å². The quantitative estimate of drug-likeness (QED) is 0.666. The van der Waals surface area contributed by atoms with Gasteiger partial charge in [-0.3, -0.25) is 4.72 Å². The van der Waals surface area contributed by atoms with Gasteiger partial charge in [0.15, 0.2) is 0 Å². The van der Waals surface area contributed by atoms with Crippen LogP contribution >= 0.6 is 23.2 Å². The van der Waals surface area contributed by atoms with Crippen molar-refractivity contribution in [3.05, 3.63) is 76.4 Å². The topological polar surface area (TPSA) is 59.1 Å². The van der Waals surface area contributed by atoms with Crippen LogP contribution in [-0.2, 0) is 10.0 Å². The van der Waals surface area contributed by atoms with Crippen LogP contribution in [0.15, 0.2) is 65.6 Å². The second-order valence-corrected chi connectivity index (χ2v) is 7.94. The van der Waals surface area contributed by atoms with Gasteiger partial charge in [0.05, 0.1) is 4.90 Å². The fraction of sp³-hybridized carbons (Fsp3) is 0.0556. The summed E-state index contributed by atoms with van der Waals surface area (Å²) in [7, 11) is -3.72. The van der Waals surface area contributed by atoms with E-state index in [1.54, 1.807) is 55.5 Å². The SMILES string of the molecule is Cc1cccc(NS(=O)(=O)c2ccc(-c3cc(Cl)ccc3Cl)cc2)n1. The maximum atomic E-state index is 12.5. The highest BCUT2D eigenvalue weighted by atomic mass is 35.5. The minimum Gasteiger partial charge on any atom is -0.263 e. The Kier molecular flexibility index (Phi) is 4.99.